The van der Waals surface area contributed by atoms with Crippen LogP contribution in [0.15, 0.2) is 71.1 Å². The number of aryl methyl sites for hydroxylation is 1. The number of anilines is 1. The summed E-state index contributed by atoms with van der Waals surface area (Å²) in [6, 6.07) is 22.3. The summed E-state index contributed by atoms with van der Waals surface area (Å²) in [7, 11) is 0. The maximum Gasteiger partial charge on any atom is 0.232 e. The monoisotopic (exact) mass is 449 g/mol. The third kappa shape index (κ3) is 5.00. The second-order valence-corrected chi connectivity index (χ2v) is 7.67. The fourth-order valence-electron chi connectivity index (χ4n) is 2.91. The van der Waals surface area contributed by atoms with Gasteiger partial charge in [-0.15, -0.1) is 0 Å². The quantitative estimate of drug-likeness (QED) is 0.336. The highest BCUT2D eigenvalue weighted by Gasteiger charge is 2.14. The fourth-order valence-corrected chi connectivity index (χ4v) is 3.15. The molecule has 0 aliphatic heterocycles. The molecule has 7 heteroatoms. The van der Waals surface area contributed by atoms with Gasteiger partial charge in [-0.1, -0.05) is 35.3 Å². The molecule has 0 saturated carbocycles. The molecule has 0 atom stereocenters. The van der Waals surface area contributed by atoms with Gasteiger partial charge in [0.15, 0.2) is 0 Å². The van der Waals surface area contributed by atoms with Crippen LogP contribution in [0.3, 0.4) is 0 Å². The van der Waals surface area contributed by atoms with Crippen LogP contribution in [0.25, 0.3) is 11.5 Å². The normalized spacial score (nSPS) is 10.5. The summed E-state index contributed by atoms with van der Waals surface area (Å²) in [5.41, 5.74) is 2.89. The van der Waals surface area contributed by atoms with Gasteiger partial charge in [0.05, 0.1) is 0 Å². The number of nitrogens with one attached hydrogen (secondary N) is 1. The molecule has 1 N–H and O–H groups in total. The molecular formula is C24H17Cl2N3O2. The highest BCUT2D eigenvalue weighted by molar-refractivity contribution is 6.31. The summed E-state index contributed by atoms with van der Waals surface area (Å²) < 4.78 is 11.6. The average Bonchev–Trinajstić information content (AvgIpc) is 3.19. The van der Waals surface area contributed by atoms with E-state index in [1.165, 1.54) is 0 Å². The lowest BCUT2D eigenvalue weighted by molar-refractivity contribution is 0.482. The van der Waals surface area contributed by atoms with Crippen molar-refractivity contribution in [3.63, 3.8) is 0 Å². The van der Waals surface area contributed by atoms with Gasteiger partial charge in [0.1, 0.15) is 17.6 Å². The van der Waals surface area contributed by atoms with Gasteiger partial charge >= 0.3 is 0 Å². The molecule has 4 rings (SSSR count). The number of oxazole rings is 1. The Morgan fingerprint density at radius 2 is 1.71 bits per heavy atom. The Labute approximate surface area is 189 Å². The summed E-state index contributed by atoms with van der Waals surface area (Å²) in [4.78, 5) is 4.25. The molecule has 0 aliphatic rings. The first-order valence-electron chi connectivity index (χ1n) is 9.45. The first-order chi connectivity index (χ1) is 15.0. The standard InChI is InChI=1S/C24H17Cl2N3O2/c1-15-12-20(10-11-21(15)26)30-19-8-2-16(3-9-19)14-28-24-22(13-27)29-23(31-24)17-4-6-18(25)7-5-17/h2-12,28H,14H2,1H3. The highest BCUT2D eigenvalue weighted by Crippen LogP contribution is 2.28. The van der Waals surface area contributed by atoms with Crippen molar-refractivity contribution in [2.24, 2.45) is 0 Å². The topological polar surface area (TPSA) is 71.1 Å². The lowest BCUT2D eigenvalue weighted by Gasteiger charge is -2.09. The number of hydrogen-bond acceptors (Lipinski definition) is 5. The van der Waals surface area contributed by atoms with E-state index in [0.717, 1.165) is 22.4 Å². The van der Waals surface area contributed by atoms with Crippen LogP contribution in [0.5, 0.6) is 11.5 Å². The Kier molecular flexibility index (Phi) is 6.13. The molecule has 0 unspecified atom stereocenters. The lowest BCUT2D eigenvalue weighted by Crippen LogP contribution is -1.99. The van der Waals surface area contributed by atoms with Crippen LogP contribution in [0.2, 0.25) is 10.0 Å². The third-order valence-corrected chi connectivity index (χ3v) is 5.24. The van der Waals surface area contributed by atoms with Gasteiger partial charge in [0.2, 0.25) is 17.5 Å². The van der Waals surface area contributed by atoms with E-state index in [9.17, 15) is 5.26 Å². The zero-order valence-corrected chi connectivity index (χ0v) is 18.0. The molecule has 0 aliphatic carbocycles. The first kappa shape index (κ1) is 20.8. The number of benzene rings is 3. The Morgan fingerprint density at radius 1 is 1.00 bits per heavy atom. The van der Waals surface area contributed by atoms with Crippen LogP contribution in [-0.4, -0.2) is 4.98 Å². The summed E-state index contributed by atoms with van der Waals surface area (Å²) in [6.45, 7) is 2.39. The van der Waals surface area contributed by atoms with Crippen molar-refractivity contribution in [2.75, 3.05) is 5.32 Å². The van der Waals surface area contributed by atoms with Crippen molar-refractivity contribution >= 4 is 29.1 Å². The van der Waals surface area contributed by atoms with E-state index in [2.05, 4.69) is 16.4 Å². The van der Waals surface area contributed by atoms with Gasteiger partial charge in [-0.3, -0.25) is 0 Å². The molecule has 0 spiro atoms. The van der Waals surface area contributed by atoms with Gasteiger partial charge in [-0.2, -0.15) is 10.2 Å². The van der Waals surface area contributed by atoms with Crippen LogP contribution in [-0.2, 0) is 6.54 Å². The number of ether oxygens (including phenoxy) is 1. The summed E-state index contributed by atoms with van der Waals surface area (Å²) >= 11 is 12.0. The molecule has 31 heavy (non-hydrogen) atoms. The Hall–Kier alpha value is -3.46. The van der Waals surface area contributed by atoms with Crippen LogP contribution >= 0.6 is 23.2 Å². The molecule has 1 heterocycles. The lowest BCUT2D eigenvalue weighted by atomic mass is 10.2. The summed E-state index contributed by atoms with van der Waals surface area (Å²) in [5, 5.41) is 13.8. The van der Waals surface area contributed by atoms with E-state index in [1.54, 1.807) is 24.3 Å². The predicted octanol–water partition coefficient (Wildman–Crippen LogP) is 7.23. The van der Waals surface area contributed by atoms with Crippen LogP contribution in [0.4, 0.5) is 5.88 Å². The molecule has 0 bridgehead atoms. The number of aromatic nitrogens is 1. The number of nitrogens with zero attached hydrogens (tertiary/aromatic N) is 2. The smallest absolute Gasteiger partial charge is 0.232 e. The minimum absolute atomic E-state index is 0.197. The van der Waals surface area contributed by atoms with Crippen molar-refractivity contribution in [2.45, 2.75) is 13.5 Å². The van der Waals surface area contributed by atoms with E-state index < -0.39 is 0 Å². The molecule has 0 fully saturated rings. The molecule has 0 saturated heterocycles. The van der Waals surface area contributed by atoms with Crippen LogP contribution < -0.4 is 10.1 Å². The average molecular weight is 450 g/mol. The second kappa shape index (κ2) is 9.13. The maximum atomic E-state index is 9.37. The number of rotatable bonds is 6. The third-order valence-electron chi connectivity index (χ3n) is 4.57. The van der Waals surface area contributed by atoms with Crippen molar-refractivity contribution in [1.29, 1.82) is 5.26 Å². The zero-order valence-electron chi connectivity index (χ0n) is 16.5. The second-order valence-electron chi connectivity index (χ2n) is 6.83. The number of hydrogen-bond donors (Lipinski definition) is 1. The van der Waals surface area contributed by atoms with E-state index in [4.69, 9.17) is 32.4 Å². The molecule has 3 aromatic carbocycles. The zero-order chi connectivity index (χ0) is 21.8. The number of nitriles is 1. The fraction of sp³-hybridized carbons (Fsp3) is 0.0833. The van der Waals surface area contributed by atoms with Gasteiger partial charge in [-0.05, 0) is 72.6 Å². The van der Waals surface area contributed by atoms with Gasteiger partial charge in [0, 0.05) is 22.2 Å². The van der Waals surface area contributed by atoms with Crippen molar-refractivity contribution in [1.82, 2.24) is 4.98 Å². The Morgan fingerprint density at radius 3 is 2.39 bits per heavy atom. The molecule has 4 aromatic rings. The Bertz CT molecular complexity index is 1240. The summed E-state index contributed by atoms with van der Waals surface area (Å²) in [6.07, 6.45) is 0. The van der Waals surface area contributed by atoms with E-state index >= 15 is 0 Å². The Balaban J connectivity index is 1.42. The summed E-state index contributed by atoms with van der Waals surface area (Å²) in [5.74, 6) is 2.12. The maximum absolute atomic E-state index is 9.37. The minimum atomic E-state index is 0.197. The predicted molar refractivity (Wildman–Crippen MR) is 122 cm³/mol. The molecule has 1 aromatic heterocycles. The molecular weight excluding hydrogens is 433 g/mol. The van der Waals surface area contributed by atoms with Crippen LogP contribution in [0, 0.1) is 18.3 Å². The first-order valence-corrected chi connectivity index (χ1v) is 10.2. The van der Waals surface area contributed by atoms with E-state index in [-0.39, 0.29) is 5.69 Å². The van der Waals surface area contributed by atoms with E-state index in [0.29, 0.717) is 34.1 Å². The van der Waals surface area contributed by atoms with Crippen molar-refractivity contribution in [3.05, 3.63) is 93.6 Å². The van der Waals surface area contributed by atoms with Crippen molar-refractivity contribution < 1.29 is 9.15 Å². The van der Waals surface area contributed by atoms with Crippen molar-refractivity contribution in [3.8, 4) is 29.0 Å². The van der Waals surface area contributed by atoms with E-state index in [1.807, 2.05) is 49.4 Å². The molecule has 154 valence electrons. The van der Waals surface area contributed by atoms with Crippen LogP contribution in [0.1, 0.15) is 16.8 Å². The van der Waals surface area contributed by atoms with Gasteiger partial charge in [0.25, 0.3) is 0 Å². The molecule has 0 amide bonds. The molecule has 5 nitrogen and oxygen atoms in total. The van der Waals surface area contributed by atoms with Gasteiger partial charge < -0.3 is 14.5 Å². The highest BCUT2D eigenvalue weighted by atomic mass is 35.5. The largest absolute Gasteiger partial charge is 0.457 e. The minimum Gasteiger partial charge on any atom is -0.457 e. The SMILES string of the molecule is Cc1cc(Oc2ccc(CNc3oc(-c4ccc(Cl)cc4)nc3C#N)cc2)ccc1Cl. The van der Waals surface area contributed by atoms with Gasteiger partial charge in [-0.25, -0.2) is 0 Å². The molecule has 0 radical (unpaired) electrons. The number of halogens is 2.